The van der Waals surface area contributed by atoms with Crippen molar-refractivity contribution in [3.05, 3.63) is 28.8 Å². The molecular formula is C14H15ClN2O2. The lowest BCUT2D eigenvalue weighted by Crippen LogP contribution is -2.42. The Hall–Kier alpha value is -1.73. The Morgan fingerprint density at radius 2 is 2.32 bits per heavy atom. The van der Waals surface area contributed by atoms with Gasteiger partial charge in [-0.15, -0.1) is 0 Å². The summed E-state index contributed by atoms with van der Waals surface area (Å²) in [6.45, 7) is 2.71. The highest BCUT2D eigenvalue weighted by Crippen LogP contribution is 2.30. The lowest BCUT2D eigenvalue weighted by molar-refractivity contribution is -0.142. The summed E-state index contributed by atoms with van der Waals surface area (Å²) in [5, 5.41) is 18.3. The third-order valence-corrected chi connectivity index (χ3v) is 3.94. The van der Waals surface area contributed by atoms with Crippen LogP contribution >= 0.6 is 11.6 Å². The molecule has 1 aromatic carbocycles. The minimum Gasteiger partial charge on any atom is -0.481 e. The fraction of sp³-hybridized carbons (Fsp3) is 0.429. The molecule has 0 amide bonds. The van der Waals surface area contributed by atoms with Crippen LogP contribution in [0.5, 0.6) is 0 Å². The number of piperidine rings is 1. The van der Waals surface area contributed by atoms with Gasteiger partial charge in [0, 0.05) is 18.3 Å². The van der Waals surface area contributed by atoms with Gasteiger partial charge in [-0.2, -0.15) is 5.26 Å². The average molecular weight is 279 g/mol. The fourth-order valence-corrected chi connectivity index (χ4v) is 2.77. The Labute approximate surface area is 117 Å². The predicted molar refractivity (Wildman–Crippen MR) is 73.3 cm³/mol. The van der Waals surface area contributed by atoms with Crippen molar-refractivity contribution >= 4 is 23.3 Å². The van der Waals surface area contributed by atoms with Crippen LogP contribution in [0.4, 0.5) is 5.69 Å². The smallest absolute Gasteiger partial charge is 0.306 e. The van der Waals surface area contributed by atoms with Gasteiger partial charge >= 0.3 is 5.97 Å². The van der Waals surface area contributed by atoms with Gasteiger partial charge < -0.3 is 10.0 Å². The minimum atomic E-state index is -0.718. The summed E-state index contributed by atoms with van der Waals surface area (Å²) in [6.07, 6.45) is 1.27. The van der Waals surface area contributed by atoms with Gasteiger partial charge in [-0.1, -0.05) is 11.6 Å². The first-order chi connectivity index (χ1) is 9.02. The van der Waals surface area contributed by atoms with Crippen LogP contribution < -0.4 is 4.90 Å². The van der Waals surface area contributed by atoms with Gasteiger partial charge in [-0.3, -0.25) is 4.79 Å². The molecule has 0 radical (unpaired) electrons. The van der Waals surface area contributed by atoms with E-state index in [1.165, 1.54) is 0 Å². The maximum atomic E-state index is 11.0. The molecule has 2 atom stereocenters. The molecule has 19 heavy (non-hydrogen) atoms. The molecule has 5 heteroatoms. The standard InChI is InChI=1S/C14H15ClN2O2/c1-9-6-10(14(18)19)4-5-17(9)12-3-2-11(8-16)13(15)7-12/h2-3,7,9-10H,4-6H2,1H3,(H,18,19). The van der Waals surface area contributed by atoms with E-state index in [-0.39, 0.29) is 12.0 Å². The summed E-state index contributed by atoms with van der Waals surface area (Å²) >= 11 is 6.03. The number of benzene rings is 1. The number of carbonyl (C=O) groups is 1. The van der Waals surface area contributed by atoms with E-state index < -0.39 is 5.97 Å². The van der Waals surface area contributed by atoms with Crippen molar-refractivity contribution in [2.24, 2.45) is 5.92 Å². The molecule has 4 nitrogen and oxygen atoms in total. The summed E-state index contributed by atoms with van der Waals surface area (Å²) < 4.78 is 0. The SMILES string of the molecule is CC1CC(C(=O)O)CCN1c1ccc(C#N)c(Cl)c1. The molecule has 1 fully saturated rings. The van der Waals surface area contributed by atoms with E-state index in [1.807, 2.05) is 19.1 Å². The van der Waals surface area contributed by atoms with Crippen molar-refractivity contribution in [3.63, 3.8) is 0 Å². The van der Waals surface area contributed by atoms with E-state index in [9.17, 15) is 4.79 Å². The number of carboxylic acids is 1. The van der Waals surface area contributed by atoms with E-state index in [0.29, 0.717) is 30.0 Å². The number of nitrogens with zero attached hydrogens (tertiary/aromatic N) is 2. The molecule has 0 saturated carbocycles. The number of rotatable bonds is 2. The van der Waals surface area contributed by atoms with Crippen molar-refractivity contribution < 1.29 is 9.90 Å². The zero-order chi connectivity index (χ0) is 14.0. The van der Waals surface area contributed by atoms with E-state index in [4.69, 9.17) is 22.0 Å². The summed E-state index contributed by atoms with van der Waals surface area (Å²) in [5.74, 6) is -0.982. The Morgan fingerprint density at radius 3 is 2.84 bits per heavy atom. The Morgan fingerprint density at radius 1 is 1.58 bits per heavy atom. The monoisotopic (exact) mass is 278 g/mol. The normalized spacial score (nSPS) is 22.9. The quantitative estimate of drug-likeness (QED) is 0.903. The first-order valence-electron chi connectivity index (χ1n) is 6.22. The van der Waals surface area contributed by atoms with Gasteiger partial charge in [-0.25, -0.2) is 0 Å². The van der Waals surface area contributed by atoms with Gasteiger partial charge in [0.2, 0.25) is 0 Å². The molecule has 1 saturated heterocycles. The summed E-state index contributed by atoms with van der Waals surface area (Å²) in [6, 6.07) is 7.52. The molecule has 0 spiro atoms. The Kier molecular flexibility index (Phi) is 3.96. The van der Waals surface area contributed by atoms with Gasteiger partial charge in [0.1, 0.15) is 6.07 Å². The molecule has 0 aromatic heterocycles. The number of hydrogen-bond donors (Lipinski definition) is 1. The van der Waals surface area contributed by atoms with Crippen LogP contribution in [0.15, 0.2) is 18.2 Å². The van der Waals surface area contributed by atoms with E-state index in [1.54, 1.807) is 12.1 Å². The molecule has 100 valence electrons. The highest BCUT2D eigenvalue weighted by atomic mass is 35.5. The number of aliphatic carboxylic acids is 1. The largest absolute Gasteiger partial charge is 0.481 e. The molecule has 1 aromatic rings. The van der Waals surface area contributed by atoms with Gasteiger partial charge in [0.25, 0.3) is 0 Å². The highest BCUT2D eigenvalue weighted by Gasteiger charge is 2.29. The van der Waals surface area contributed by atoms with Crippen LogP contribution in [-0.2, 0) is 4.79 Å². The Bertz CT molecular complexity index is 539. The zero-order valence-corrected chi connectivity index (χ0v) is 11.4. The van der Waals surface area contributed by atoms with Crippen LogP contribution in [0.1, 0.15) is 25.3 Å². The topological polar surface area (TPSA) is 64.3 Å². The minimum absolute atomic E-state index is 0.152. The molecule has 1 aliphatic rings. The molecule has 0 bridgehead atoms. The van der Waals surface area contributed by atoms with E-state index >= 15 is 0 Å². The van der Waals surface area contributed by atoms with Crippen molar-refractivity contribution in [1.29, 1.82) is 5.26 Å². The van der Waals surface area contributed by atoms with Crippen molar-refractivity contribution in [2.75, 3.05) is 11.4 Å². The highest BCUT2D eigenvalue weighted by molar-refractivity contribution is 6.32. The molecule has 1 aliphatic heterocycles. The molecular weight excluding hydrogens is 264 g/mol. The molecule has 1 heterocycles. The number of anilines is 1. The third-order valence-electron chi connectivity index (χ3n) is 3.63. The van der Waals surface area contributed by atoms with Crippen LogP contribution in [0, 0.1) is 17.2 Å². The molecule has 2 unspecified atom stereocenters. The summed E-state index contributed by atoms with van der Waals surface area (Å²) in [4.78, 5) is 13.2. The first-order valence-corrected chi connectivity index (χ1v) is 6.60. The molecule has 1 N–H and O–H groups in total. The fourth-order valence-electron chi connectivity index (χ4n) is 2.55. The Balaban J connectivity index is 2.18. The number of nitriles is 1. The van der Waals surface area contributed by atoms with Gasteiger partial charge in [0.05, 0.1) is 16.5 Å². The van der Waals surface area contributed by atoms with Crippen LogP contribution in [0.25, 0.3) is 0 Å². The second-order valence-electron chi connectivity index (χ2n) is 4.88. The van der Waals surface area contributed by atoms with Crippen molar-refractivity contribution in [2.45, 2.75) is 25.8 Å². The van der Waals surface area contributed by atoms with Crippen LogP contribution in [0.2, 0.25) is 5.02 Å². The average Bonchev–Trinajstić information content (AvgIpc) is 2.38. The maximum Gasteiger partial charge on any atom is 0.306 e. The van der Waals surface area contributed by atoms with Crippen LogP contribution in [-0.4, -0.2) is 23.7 Å². The number of halogens is 1. The molecule has 0 aliphatic carbocycles. The van der Waals surface area contributed by atoms with E-state index in [2.05, 4.69) is 4.90 Å². The first kappa shape index (κ1) is 13.7. The zero-order valence-electron chi connectivity index (χ0n) is 10.6. The summed E-state index contributed by atoms with van der Waals surface area (Å²) in [5.41, 5.74) is 1.40. The predicted octanol–water partition coefficient (Wildman–Crippen LogP) is 2.90. The lowest BCUT2D eigenvalue weighted by atomic mass is 9.91. The third kappa shape index (κ3) is 2.82. The van der Waals surface area contributed by atoms with Gasteiger partial charge in [0.15, 0.2) is 0 Å². The van der Waals surface area contributed by atoms with E-state index in [0.717, 1.165) is 5.69 Å². The summed E-state index contributed by atoms with van der Waals surface area (Å²) in [7, 11) is 0. The van der Waals surface area contributed by atoms with Crippen LogP contribution in [0.3, 0.4) is 0 Å². The number of carboxylic acid groups (broad SMARTS) is 1. The lowest BCUT2D eigenvalue weighted by Gasteiger charge is -2.38. The van der Waals surface area contributed by atoms with Crippen molar-refractivity contribution in [3.8, 4) is 6.07 Å². The molecule has 2 rings (SSSR count). The van der Waals surface area contributed by atoms with Crippen molar-refractivity contribution in [1.82, 2.24) is 0 Å². The maximum absolute atomic E-state index is 11.0. The van der Waals surface area contributed by atoms with Gasteiger partial charge in [-0.05, 0) is 38.0 Å². The number of hydrogen-bond acceptors (Lipinski definition) is 3. The second kappa shape index (κ2) is 5.50. The second-order valence-corrected chi connectivity index (χ2v) is 5.29.